The Morgan fingerprint density at radius 3 is 3.09 bits per heavy atom. The van der Waals surface area contributed by atoms with Crippen LogP contribution in [0.15, 0.2) is 18.3 Å². The third-order valence-electron chi connectivity index (χ3n) is 4.37. The van der Waals surface area contributed by atoms with Crippen LogP contribution in [0.4, 0.5) is 5.82 Å². The number of aromatic nitrogens is 1. The summed E-state index contributed by atoms with van der Waals surface area (Å²) in [5.74, 6) is 0.835. The fraction of sp³-hybridized carbons (Fsp3) is 0.647. The number of rotatable bonds is 6. The van der Waals surface area contributed by atoms with Crippen LogP contribution in [0.3, 0.4) is 0 Å². The van der Waals surface area contributed by atoms with Crippen molar-refractivity contribution in [2.24, 2.45) is 0 Å². The SMILES string of the molecule is CC[C@H]1CCCCN1CCCNC(=S)Nc1ncccc1C. The molecule has 4 nitrogen and oxygen atoms in total. The molecule has 0 bridgehead atoms. The summed E-state index contributed by atoms with van der Waals surface area (Å²) in [7, 11) is 0. The average molecular weight is 321 g/mol. The van der Waals surface area contributed by atoms with E-state index in [1.165, 1.54) is 32.2 Å². The highest BCUT2D eigenvalue weighted by atomic mass is 32.1. The zero-order chi connectivity index (χ0) is 15.8. The highest BCUT2D eigenvalue weighted by molar-refractivity contribution is 7.80. The Balaban J connectivity index is 1.66. The molecule has 0 aliphatic carbocycles. The summed E-state index contributed by atoms with van der Waals surface area (Å²) < 4.78 is 0. The highest BCUT2D eigenvalue weighted by Gasteiger charge is 2.19. The van der Waals surface area contributed by atoms with Gasteiger partial charge in [-0.1, -0.05) is 19.4 Å². The van der Waals surface area contributed by atoms with Crippen LogP contribution in [0.25, 0.3) is 0 Å². The van der Waals surface area contributed by atoms with Gasteiger partial charge in [-0.15, -0.1) is 0 Å². The minimum Gasteiger partial charge on any atom is -0.362 e. The molecule has 1 aromatic rings. The molecule has 1 saturated heterocycles. The van der Waals surface area contributed by atoms with Crippen molar-refractivity contribution in [3.05, 3.63) is 23.9 Å². The molecule has 0 saturated carbocycles. The van der Waals surface area contributed by atoms with Gasteiger partial charge in [-0.25, -0.2) is 4.98 Å². The summed E-state index contributed by atoms with van der Waals surface area (Å²) in [6.07, 6.45) is 8.28. The van der Waals surface area contributed by atoms with E-state index in [-0.39, 0.29) is 0 Å². The summed E-state index contributed by atoms with van der Waals surface area (Å²) in [6, 6.07) is 4.74. The quantitative estimate of drug-likeness (QED) is 0.621. The van der Waals surface area contributed by atoms with E-state index in [1.807, 2.05) is 19.1 Å². The van der Waals surface area contributed by atoms with E-state index in [2.05, 4.69) is 27.4 Å². The Morgan fingerprint density at radius 2 is 2.32 bits per heavy atom. The number of likely N-dealkylation sites (tertiary alicyclic amines) is 1. The van der Waals surface area contributed by atoms with Crippen molar-refractivity contribution in [2.75, 3.05) is 25.0 Å². The van der Waals surface area contributed by atoms with Gasteiger partial charge in [-0.05, 0) is 63.0 Å². The fourth-order valence-electron chi connectivity index (χ4n) is 3.07. The lowest BCUT2D eigenvalue weighted by Crippen LogP contribution is -2.41. The van der Waals surface area contributed by atoms with Gasteiger partial charge in [-0.3, -0.25) is 0 Å². The predicted molar refractivity (Wildman–Crippen MR) is 97.3 cm³/mol. The predicted octanol–water partition coefficient (Wildman–Crippen LogP) is 3.33. The highest BCUT2D eigenvalue weighted by Crippen LogP contribution is 2.19. The number of aryl methyl sites for hydroxylation is 1. The lowest BCUT2D eigenvalue weighted by atomic mass is 10.00. The largest absolute Gasteiger partial charge is 0.362 e. The van der Waals surface area contributed by atoms with Gasteiger partial charge >= 0.3 is 0 Å². The average Bonchev–Trinajstić information content (AvgIpc) is 2.54. The molecule has 1 aliphatic heterocycles. The van der Waals surface area contributed by atoms with Crippen LogP contribution in [0.1, 0.15) is 44.6 Å². The number of piperidine rings is 1. The zero-order valence-electron chi connectivity index (χ0n) is 13.8. The normalized spacial score (nSPS) is 18.9. The van der Waals surface area contributed by atoms with Crippen molar-refractivity contribution in [2.45, 2.75) is 52.0 Å². The van der Waals surface area contributed by atoms with Crippen molar-refractivity contribution in [1.29, 1.82) is 0 Å². The molecule has 22 heavy (non-hydrogen) atoms. The van der Waals surface area contributed by atoms with Gasteiger partial charge in [0.05, 0.1) is 0 Å². The topological polar surface area (TPSA) is 40.2 Å². The Bertz CT molecular complexity index is 477. The number of hydrogen-bond acceptors (Lipinski definition) is 3. The minimum atomic E-state index is 0.660. The molecular weight excluding hydrogens is 292 g/mol. The molecule has 0 aromatic carbocycles. The summed E-state index contributed by atoms with van der Waals surface area (Å²) >= 11 is 5.34. The second-order valence-electron chi connectivity index (χ2n) is 6.00. The fourth-order valence-corrected chi connectivity index (χ4v) is 3.27. The van der Waals surface area contributed by atoms with E-state index in [1.54, 1.807) is 6.20 Å². The summed E-state index contributed by atoms with van der Waals surface area (Å²) in [5, 5.41) is 7.11. The van der Waals surface area contributed by atoms with E-state index < -0.39 is 0 Å². The van der Waals surface area contributed by atoms with Crippen LogP contribution >= 0.6 is 12.2 Å². The van der Waals surface area contributed by atoms with E-state index in [4.69, 9.17) is 12.2 Å². The molecule has 0 spiro atoms. The molecule has 2 heterocycles. The van der Waals surface area contributed by atoms with Crippen LogP contribution < -0.4 is 10.6 Å². The molecule has 0 radical (unpaired) electrons. The van der Waals surface area contributed by atoms with Crippen molar-refractivity contribution in [3.63, 3.8) is 0 Å². The molecule has 1 fully saturated rings. The van der Waals surface area contributed by atoms with E-state index in [9.17, 15) is 0 Å². The van der Waals surface area contributed by atoms with Crippen LogP contribution in [-0.2, 0) is 0 Å². The maximum Gasteiger partial charge on any atom is 0.171 e. The second kappa shape index (κ2) is 9.06. The maximum absolute atomic E-state index is 5.34. The van der Waals surface area contributed by atoms with Crippen molar-refractivity contribution < 1.29 is 0 Å². The third-order valence-corrected chi connectivity index (χ3v) is 4.62. The number of nitrogens with zero attached hydrogens (tertiary/aromatic N) is 2. The first-order valence-electron chi connectivity index (χ1n) is 8.41. The summed E-state index contributed by atoms with van der Waals surface area (Å²) in [5.41, 5.74) is 1.10. The van der Waals surface area contributed by atoms with Crippen LogP contribution in [0, 0.1) is 6.92 Å². The van der Waals surface area contributed by atoms with E-state index >= 15 is 0 Å². The molecule has 1 aliphatic rings. The van der Waals surface area contributed by atoms with Gasteiger partial charge in [0, 0.05) is 25.3 Å². The molecule has 2 N–H and O–H groups in total. The lowest BCUT2D eigenvalue weighted by molar-refractivity contribution is 0.143. The van der Waals surface area contributed by atoms with Crippen molar-refractivity contribution >= 4 is 23.1 Å². The summed E-state index contributed by atoms with van der Waals surface area (Å²) in [4.78, 5) is 6.94. The van der Waals surface area contributed by atoms with Gasteiger partial charge in [-0.2, -0.15) is 0 Å². The number of nitrogens with one attached hydrogen (secondary N) is 2. The smallest absolute Gasteiger partial charge is 0.171 e. The number of pyridine rings is 1. The lowest BCUT2D eigenvalue weighted by Gasteiger charge is -2.35. The maximum atomic E-state index is 5.34. The van der Waals surface area contributed by atoms with Gasteiger partial charge in [0.1, 0.15) is 5.82 Å². The van der Waals surface area contributed by atoms with E-state index in [0.717, 1.165) is 36.9 Å². The van der Waals surface area contributed by atoms with Crippen LogP contribution in [-0.4, -0.2) is 40.7 Å². The first-order valence-corrected chi connectivity index (χ1v) is 8.82. The summed E-state index contributed by atoms with van der Waals surface area (Å²) in [6.45, 7) is 7.66. The Hall–Kier alpha value is -1.20. The number of thiocarbonyl (C=S) groups is 1. The molecule has 122 valence electrons. The molecular formula is C17H28N4S. The third kappa shape index (κ3) is 5.21. The number of anilines is 1. The molecule has 1 atom stereocenters. The molecule has 5 heteroatoms. The van der Waals surface area contributed by atoms with Gasteiger partial charge in [0.25, 0.3) is 0 Å². The van der Waals surface area contributed by atoms with Crippen molar-refractivity contribution in [3.8, 4) is 0 Å². The molecule has 1 aromatic heterocycles. The van der Waals surface area contributed by atoms with Gasteiger partial charge < -0.3 is 15.5 Å². The van der Waals surface area contributed by atoms with Crippen LogP contribution in [0.5, 0.6) is 0 Å². The zero-order valence-corrected chi connectivity index (χ0v) is 14.6. The minimum absolute atomic E-state index is 0.660. The van der Waals surface area contributed by atoms with Gasteiger partial charge in [0.15, 0.2) is 5.11 Å². The standard InChI is InChI=1S/C17H28N4S/c1-3-15-9-4-5-12-21(15)13-7-11-19-17(22)20-16-14(2)8-6-10-18-16/h6,8,10,15H,3-5,7,9,11-13H2,1-2H3,(H2,18,19,20,22)/t15-/m0/s1. The Kier molecular flexibility index (Phi) is 7.06. The Labute approximate surface area is 139 Å². The van der Waals surface area contributed by atoms with Gasteiger partial charge in [0.2, 0.25) is 0 Å². The second-order valence-corrected chi connectivity index (χ2v) is 6.41. The Morgan fingerprint density at radius 1 is 1.45 bits per heavy atom. The number of hydrogen-bond donors (Lipinski definition) is 2. The molecule has 0 unspecified atom stereocenters. The molecule has 2 rings (SSSR count). The molecule has 0 amide bonds. The van der Waals surface area contributed by atoms with Crippen LogP contribution in [0.2, 0.25) is 0 Å². The first kappa shape index (κ1) is 17.2. The monoisotopic (exact) mass is 320 g/mol. The first-order chi connectivity index (χ1) is 10.7. The van der Waals surface area contributed by atoms with Crippen molar-refractivity contribution in [1.82, 2.24) is 15.2 Å². The van der Waals surface area contributed by atoms with E-state index in [0.29, 0.717) is 5.11 Å².